The van der Waals surface area contributed by atoms with Gasteiger partial charge in [0, 0.05) is 36.9 Å². The summed E-state index contributed by atoms with van der Waals surface area (Å²) >= 11 is 3.32. The summed E-state index contributed by atoms with van der Waals surface area (Å²) in [6.45, 7) is 1.04. The van der Waals surface area contributed by atoms with Crippen molar-refractivity contribution in [2.45, 2.75) is 24.2 Å². The molecule has 1 fully saturated rings. The van der Waals surface area contributed by atoms with Gasteiger partial charge in [-0.3, -0.25) is 9.48 Å². The summed E-state index contributed by atoms with van der Waals surface area (Å²) in [5.74, 6) is -0.00930. The molecule has 1 saturated heterocycles. The SMILES string of the molecule is Cn1ccc(NC(=O)c2cc(S(=O)(=O)N3CCCCC3)ccc2Br)n1. The van der Waals surface area contributed by atoms with Gasteiger partial charge >= 0.3 is 0 Å². The average molecular weight is 427 g/mol. The van der Waals surface area contributed by atoms with Crippen LogP contribution in [0.2, 0.25) is 0 Å². The van der Waals surface area contributed by atoms with Crippen LogP contribution in [0.15, 0.2) is 39.8 Å². The van der Waals surface area contributed by atoms with Gasteiger partial charge < -0.3 is 5.32 Å². The zero-order chi connectivity index (χ0) is 18.0. The summed E-state index contributed by atoms with van der Waals surface area (Å²) in [4.78, 5) is 12.6. The summed E-state index contributed by atoms with van der Waals surface area (Å²) in [7, 11) is -1.84. The fourth-order valence-electron chi connectivity index (χ4n) is 2.76. The maximum absolute atomic E-state index is 12.8. The molecule has 9 heteroatoms. The molecule has 1 N–H and O–H groups in total. The number of piperidine rings is 1. The minimum atomic E-state index is -3.59. The lowest BCUT2D eigenvalue weighted by molar-refractivity contribution is 0.102. The molecule has 2 aromatic rings. The van der Waals surface area contributed by atoms with Crippen LogP contribution in [-0.2, 0) is 17.1 Å². The molecule has 2 heterocycles. The van der Waals surface area contributed by atoms with Crippen molar-refractivity contribution in [2.75, 3.05) is 18.4 Å². The predicted octanol–water partition coefficient (Wildman–Crippen LogP) is 2.61. The first-order valence-electron chi connectivity index (χ1n) is 7.98. The molecule has 1 aliphatic rings. The van der Waals surface area contributed by atoms with Crippen LogP contribution in [0.4, 0.5) is 5.82 Å². The second-order valence-corrected chi connectivity index (χ2v) is 8.73. The lowest BCUT2D eigenvalue weighted by Crippen LogP contribution is -2.35. The van der Waals surface area contributed by atoms with Crippen molar-refractivity contribution in [3.8, 4) is 0 Å². The van der Waals surface area contributed by atoms with Crippen molar-refractivity contribution in [1.82, 2.24) is 14.1 Å². The highest BCUT2D eigenvalue weighted by Crippen LogP contribution is 2.26. The number of sulfonamides is 1. The maximum atomic E-state index is 12.8. The highest BCUT2D eigenvalue weighted by atomic mass is 79.9. The molecule has 0 saturated carbocycles. The molecule has 25 heavy (non-hydrogen) atoms. The quantitative estimate of drug-likeness (QED) is 0.813. The summed E-state index contributed by atoms with van der Waals surface area (Å²) < 4.78 is 29.2. The Bertz CT molecular complexity index is 889. The van der Waals surface area contributed by atoms with Crippen LogP contribution in [0.1, 0.15) is 29.6 Å². The summed E-state index contributed by atoms with van der Waals surface area (Å²) in [6.07, 6.45) is 4.48. The van der Waals surface area contributed by atoms with Gasteiger partial charge in [0.05, 0.1) is 10.5 Å². The molecule has 0 bridgehead atoms. The summed E-state index contributed by atoms with van der Waals surface area (Å²) in [6, 6.07) is 6.18. The zero-order valence-electron chi connectivity index (χ0n) is 13.8. The number of carbonyl (C=O) groups excluding carboxylic acids is 1. The fraction of sp³-hybridized carbons (Fsp3) is 0.375. The summed E-state index contributed by atoms with van der Waals surface area (Å²) in [5, 5.41) is 6.76. The largest absolute Gasteiger partial charge is 0.305 e. The third-order valence-corrected chi connectivity index (χ3v) is 6.68. The molecule has 3 rings (SSSR count). The zero-order valence-corrected chi connectivity index (χ0v) is 16.2. The molecule has 1 aromatic carbocycles. The topological polar surface area (TPSA) is 84.3 Å². The van der Waals surface area contributed by atoms with Crippen LogP contribution in [-0.4, -0.2) is 41.5 Å². The van der Waals surface area contributed by atoms with E-state index in [1.54, 1.807) is 30.1 Å². The van der Waals surface area contributed by atoms with Crippen molar-refractivity contribution in [3.63, 3.8) is 0 Å². The van der Waals surface area contributed by atoms with Gasteiger partial charge in [-0.25, -0.2) is 8.42 Å². The van der Waals surface area contributed by atoms with E-state index in [0.717, 1.165) is 19.3 Å². The minimum absolute atomic E-state index is 0.128. The number of rotatable bonds is 4. The first-order valence-corrected chi connectivity index (χ1v) is 10.2. The lowest BCUT2D eigenvalue weighted by atomic mass is 10.2. The third kappa shape index (κ3) is 3.94. The Morgan fingerprint density at radius 1 is 1.20 bits per heavy atom. The predicted molar refractivity (Wildman–Crippen MR) is 97.9 cm³/mol. The number of hydrogen-bond donors (Lipinski definition) is 1. The van der Waals surface area contributed by atoms with Crippen molar-refractivity contribution in [1.29, 1.82) is 0 Å². The van der Waals surface area contributed by atoms with E-state index in [9.17, 15) is 13.2 Å². The molecule has 0 unspecified atom stereocenters. The first kappa shape index (κ1) is 18.1. The Morgan fingerprint density at radius 2 is 1.92 bits per heavy atom. The molecular formula is C16H19BrN4O3S. The minimum Gasteiger partial charge on any atom is -0.305 e. The van der Waals surface area contributed by atoms with Gasteiger partial charge in [0.1, 0.15) is 0 Å². The van der Waals surface area contributed by atoms with Crippen LogP contribution < -0.4 is 5.32 Å². The number of hydrogen-bond acceptors (Lipinski definition) is 4. The second kappa shape index (κ2) is 7.27. The molecular weight excluding hydrogens is 408 g/mol. The monoisotopic (exact) mass is 426 g/mol. The van der Waals surface area contributed by atoms with E-state index in [0.29, 0.717) is 23.4 Å². The first-order chi connectivity index (χ1) is 11.9. The third-order valence-electron chi connectivity index (χ3n) is 4.09. The van der Waals surface area contributed by atoms with Crippen molar-refractivity contribution >= 4 is 37.7 Å². The Morgan fingerprint density at radius 3 is 2.56 bits per heavy atom. The molecule has 0 atom stereocenters. The molecule has 1 amide bonds. The van der Waals surface area contributed by atoms with Crippen molar-refractivity contribution < 1.29 is 13.2 Å². The number of nitrogens with one attached hydrogen (secondary N) is 1. The van der Waals surface area contributed by atoms with Crippen LogP contribution in [0.3, 0.4) is 0 Å². The molecule has 0 aliphatic carbocycles. The summed E-state index contributed by atoms with van der Waals surface area (Å²) in [5.41, 5.74) is 0.253. The standard InChI is InChI=1S/C16H19BrN4O3S/c1-20-10-7-15(19-20)18-16(22)13-11-12(5-6-14(13)17)25(23,24)21-8-3-2-4-9-21/h5-7,10-11H,2-4,8-9H2,1H3,(H,18,19,22). The number of amides is 1. The lowest BCUT2D eigenvalue weighted by Gasteiger charge is -2.26. The number of aryl methyl sites for hydroxylation is 1. The molecule has 134 valence electrons. The van der Waals surface area contributed by atoms with E-state index in [1.807, 2.05) is 0 Å². The number of nitrogens with zero attached hydrogens (tertiary/aromatic N) is 3. The Balaban J connectivity index is 1.88. The highest BCUT2D eigenvalue weighted by Gasteiger charge is 2.27. The van der Waals surface area contributed by atoms with E-state index in [1.165, 1.54) is 16.4 Å². The van der Waals surface area contributed by atoms with Gasteiger partial charge in [0.2, 0.25) is 10.0 Å². The smallest absolute Gasteiger partial charge is 0.258 e. The van der Waals surface area contributed by atoms with E-state index < -0.39 is 15.9 Å². The number of benzene rings is 1. The van der Waals surface area contributed by atoms with Crippen LogP contribution >= 0.6 is 15.9 Å². The number of anilines is 1. The van der Waals surface area contributed by atoms with E-state index >= 15 is 0 Å². The highest BCUT2D eigenvalue weighted by molar-refractivity contribution is 9.10. The molecule has 1 aliphatic heterocycles. The second-order valence-electron chi connectivity index (χ2n) is 5.94. The molecule has 7 nitrogen and oxygen atoms in total. The van der Waals surface area contributed by atoms with Crippen molar-refractivity contribution in [3.05, 3.63) is 40.5 Å². The van der Waals surface area contributed by atoms with Crippen LogP contribution in [0.5, 0.6) is 0 Å². The van der Waals surface area contributed by atoms with Gasteiger partial charge in [0.15, 0.2) is 5.82 Å². The van der Waals surface area contributed by atoms with Crippen LogP contribution in [0, 0.1) is 0 Å². The van der Waals surface area contributed by atoms with E-state index in [2.05, 4.69) is 26.3 Å². The Hall–Kier alpha value is -1.71. The molecule has 0 radical (unpaired) electrons. The van der Waals surface area contributed by atoms with Crippen molar-refractivity contribution in [2.24, 2.45) is 7.05 Å². The van der Waals surface area contributed by atoms with Gasteiger partial charge in [-0.1, -0.05) is 6.42 Å². The Labute approximate surface area is 155 Å². The van der Waals surface area contributed by atoms with Gasteiger partial charge in [0.25, 0.3) is 5.91 Å². The maximum Gasteiger partial charge on any atom is 0.258 e. The number of halogens is 1. The normalized spacial score (nSPS) is 15.9. The average Bonchev–Trinajstić information content (AvgIpc) is 3.00. The van der Waals surface area contributed by atoms with Crippen LogP contribution in [0.25, 0.3) is 0 Å². The van der Waals surface area contributed by atoms with Gasteiger partial charge in [-0.05, 0) is 47.0 Å². The van der Waals surface area contributed by atoms with E-state index in [-0.39, 0.29) is 10.5 Å². The van der Waals surface area contributed by atoms with E-state index in [4.69, 9.17) is 0 Å². The fourth-order valence-corrected chi connectivity index (χ4v) is 4.73. The molecule has 0 spiro atoms. The number of aromatic nitrogens is 2. The Kier molecular flexibility index (Phi) is 5.26. The van der Waals surface area contributed by atoms with Gasteiger partial charge in [-0.15, -0.1) is 0 Å². The molecule has 1 aromatic heterocycles. The number of carbonyl (C=O) groups is 1. The van der Waals surface area contributed by atoms with Gasteiger partial charge in [-0.2, -0.15) is 9.40 Å².